The van der Waals surface area contributed by atoms with E-state index in [2.05, 4.69) is 4.98 Å². The van der Waals surface area contributed by atoms with Gasteiger partial charge >= 0.3 is 5.69 Å². The van der Waals surface area contributed by atoms with Crippen LogP contribution in [0.4, 0.5) is 0 Å². The highest BCUT2D eigenvalue weighted by molar-refractivity contribution is 5.71. The van der Waals surface area contributed by atoms with Crippen LogP contribution in [0.2, 0.25) is 0 Å². The number of imidazole rings is 1. The molecule has 8 heteroatoms. The average molecular weight is 309 g/mol. The lowest BCUT2D eigenvalue weighted by Crippen LogP contribution is -2.43. The Morgan fingerprint density at radius 3 is 2.50 bits per heavy atom. The molecule has 0 saturated heterocycles. The fourth-order valence-electron chi connectivity index (χ4n) is 2.52. The molecule has 0 fully saturated rings. The predicted molar refractivity (Wildman–Crippen MR) is 83.9 cm³/mol. The Hall–Kier alpha value is -1.93. The summed E-state index contributed by atoms with van der Waals surface area (Å²) in [5, 5.41) is 0. The van der Waals surface area contributed by atoms with E-state index in [-0.39, 0.29) is 24.8 Å². The lowest BCUT2D eigenvalue weighted by Gasteiger charge is -2.13. The van der Waals surface area contributed by atoms with E-state index in [1.54, 1.807) is 18.7 Å². The minimum Gasteiger partial charge on any atom is -0.377 e. The number of aromatic nitrogens is 4. The Kier molecular flexibility index (Phi) is 4.82. The first kappa shape index (κ1) is 16.4. The molecule has 0 aromatic carbocycles. The largest absolute Gasteiger partial charge is 0.377 e. The third-order valence-electron chi connectivity index (χ3n) is 3.84. The van der Waals surface area contributed by atoms with Crippen molar-refractivity contribution in [2.45, 2.75) is 46.0 Å². The normalized spacial score (nSPS) is 13.0. The van der Waals surface area contributed by atoms with E-state index in [1.165, 1.54) is 9.13 Å². The van der Waals surface area contributed by atoms with Crippen molar-refractivity contribution in [1.82, 2.24) is 18.7 Å². The van der Waals surface area contributed by atoms with Crippen LogP contribution in [-0.2, 0) is 31.5 Å². The monoisotopic (exact) mass is 309 g/mol. The zero-order valence-corrected chi connectivity index (χ0v) is 13.5. The summed E-state index contributed by atoms with van der Waals surface area (Å²) in [7, 11) is 3.18. The van der Waals surface area contributed by atoms with Crippen molar-refractivity contribution in [3.63, 3.8) is 0 Å². The number of fused-ring (bicyclic) bond motifs is 1. The number of rotatable bonds is 6. The van der Waals surface area contributed by atoms with Crippen molar-refractivity contribution in [2.75, 3.05) is 7.11 Å². The van der Waals surface area contributed by atoms with Gasteiger partial charge in [0.1, 0.15) is 12.4 Å². The lowest BCUT2D eigenvalue weighted by atomic mass is 10.2. The molecule has 8 nitrogen and oxygen atoms in total. The number of aryl methyl sites for hydroxylation is 2. The highest BCUT2D eigenvalue weighted by Gasteiger charge is 2.20. The quantitative estimate of drug-likeness (QED) is 0.797. The van der Waals surface area contributed by atoms with Crippen LogP contribution in [-0.4, -0.2) is 31.8 Å². The van der Waals surface area contributed by atoms with Crippen LogP contribution in [0.5, 0.6) is 0 Å². The van der Waals surface area contributed by atoms with E-state index in [0.717, 1.165) is 0 Å². The molecule has 0 spiro atoms. The minimum atomic E-state index is -0.397. The maximum absolute atomic E-state index is 12.7. The van der Waals surface area contributed by atoms with E-state index in [1.807, 2.05) is 13.8 Å². The Bertz CT molecular complexity index is 786. The zero-order valence-electron chi connectivity index (χ0n) is 13.5. The van der Waals surface area contributed by atoms with Gasteiger partial charge in [0, 0.05) is 33.3 Å². The summed E-state index contributed by atoms with van der Waals surface area (Å²) < 4.78 is 9.50. The van der Waals surface area contributed by atoms with Crippen LogP contribution in [0.3, 0.4) is 0 Å². The third-order valence-corrected chi connectivity index (χ3v) is 3.84. The number of hydrogen-bond acceptors (Lipinski definition) is 5. The Labute approximate surface area is 128 Å². The second-order valence-corrected chi connectivity index (χ2v) is 5.30. The maximum atomic E-state index is 12.7. The minimum absolute atomic E-state index is 0.201. The van der Waals surface area contributed by atoms with Crippen molar-refractivity contribution in [3.05, 3.63) is 26.7 Å². The van der Waals surface area contributed by atoms with Crippen LogP contribution in [0, 0.1) is 0 Å². The van der Waals surface area contributed by atoms with Crippen molar-refractivity contribution in [3.8, 4) is 0 Å². The Balaban J connectivity index is 2.80. The number of methoxy groups -OCH3 is 1. The van der Waals surface area contributed by atoms with Crippen LogP contribution in [0.15, 0.2) is 9.59 Å². The number of nitrogens with two attached hydrogens (primary N) is 1. The topological polar surface area (TPSA) is 97.1 Å². The first-order valence-electron chi connectivity index (χ1n) is 7.39. The molecule has 1 atom stereocenters. The molecule has 0 amide bonds. The predicted octanol–water partition coefficient (Wildman–Crippen LogP) is -0.200. The van der Waals surface area contributed by atoms with Gasteiger partial charge in [-0.2, -0.15) is 0 Å². The molecule has 22 heavy (non-hydrogen) atoms. The van der Waals surface area contributed by atoms with E-state index in [9.17, 15) is 9.59 Å². The van der Waals surface area contributed by atoms with E-state index >= 15 is 0 Å². The summed E-state index contributed by atoms with van der Waals surface area (Å²) in [6.45, 7) is 4.90. The Morgan fingerprint density at radius 2 is 1.95 bits per heavy atom. The molecule has 2 N–H and O–H groups in total. The second kappa shape index (κ2) is 6.45. The van der Waals surface area contributed by atoms with Gasteiger partial charge in [0.05, 0.1) is 0 Å². The first-order valence-corrected chi connectivity index (χ1v) is 7.39. The first-order chi connectivity index (χ1) is 10.5. The van der Waals surface area contributed by atoms with E-state index in [0.29, 0.717) is 30.0 Å². The number of hydrogen-bond donors (Lipinski definition) is 1. The molecule has 1 unspecified atom stereocenters. The molecule has 0 aliphatic rings. The average Bonchev–Trinajstić information content (AvgIpc) is 2.88. The van der Waals surface area contributed by atoms with Gasteiger partial charge in [-0.3, -0.25) is 13.9 Å². The summed E-state index contributed by atoms with van der Waals surface area (Å²) in [6, 6.07) is -0.237. The van der Waals surface area contributed by atoms with Crippen molar-refractivity contribution < 1.29 is 4.74 Å². The molecular formula is C14H23N5O3. The fraction of sp³-hybridized carbons (Fsp3) is 0.643. The van der Waals surface area contributed by atoms with Crippen LogP contribution >= 0.6 is 0 Å². The highest BCUT2D eigenvalue weighted by Crippen LogP contribution is 2.12. The summed E-state index contributed by atoms with van der Waals surface area (Å²) in [6.07, 6.45) is 0.690. The van der Waals surface area contributed by atoms with Crippen molar-refractivity contribution in [1.29, 1.82) is 0 Å². The van der Waals surface area contributed by atoms with Gasteiger partial charge in [0.15, 0.2) is 11.2 Å². The molecule has 2 aromatic rings. The van der Waals surface area contributed by atoms with Gasteiger partial charge in [-0.05, 0) is 13.3 Å². The van der Waals surface area contributed by atoms with Gasteiger partial charge in [-0.1, -0.05) is 6.92 Å². The smallest absolute Gasteiger partial charge is 0.332 e. The molecular weight excluding hydrogens is 286 g/mol. The zero-order chi connectivity index (χ0) is 16.4. The molecule has 2 aromatic heterocycles. The van der Waals surface area contributed by atoms with Crippen LogP contribution in [0.25, 0.3) is 11.2 Å². The highest BCUT2D eigenvalue weighted by atomic mass is 16.5. The SMILES string of the molecule is CCC(N)Cn1c(=O)c2c(nc(COC)n2CC)n(C)c1=O. The Morgan fingerprint density at radius 1 is 1.27 bits per heavy atom. The maximum Gasteiger partial charge on any atom is 0.332 e. The van der Waals surface area contributed by atoms with Crippen molar-refractivity contribution >= 4 is 11.2 Å². The van der Waals surface area contributed by atoms with Gasteiger partial charge < -0.3 is 15.0 Å². The molecule has 0 radical (unpaired) electrons. The molecule has 0 saturated carbocycles. The molecule has 2 rings (SSSR count). The van der Waals surface area contributed by atoms with Gasteiger partial charge in [0.25, 0.3) is 5.56 Å². The number of ether oxygens (including phenoxy) is 1. The lowest BCUT2D eigenvalue weighted by molar-refractivity contribution is 0.175. The molecule has 0 aliphatic heterocycles. The van der Waals surface area contributed by atoms with Gasteiger partial charge in [0.2, 0.25) is 0 Å². The molecule has 122 valence electrons. The van der Waals surface area contributed by atoms with E-state index in [4.69, 9.17) is 10.5 Å². The number of nitrogens with zero attached hydrogens (tertiary/aromatic N) is 4. The van der Waals surface area contributed by atoms with Crippen molar-refractivity contribution in [2.24, 2.45) is 12.8 Å². The summed E-state index contributed by atoms with van der Waals surface area (Å²) in [5.74, 6) is 0.629. The van der Waals surface area contributed by atoms with Crippen LogP contribution < -0.4 is 17.0 Å². The van der Waals surface area contributed by atoms with Gasteiger partial charge in [-0.15, -0.1) is 0 Å². The summed E-state index contributed by atoms with van der Waals surface area (Å²) in [5.41, 5.74) is 5.96. The molecule has 0 aliphatic carbocycles. The third kappa shape index (κ3) is 2.59. The van der Waals surface area contributed by atoms with Gasteiger partial charge in [-0.25, -0.2) is 9.78 Å². The summed E-state index contributed by atoms with van der Waals surface area (Å²) >= 11 is 0. The standard InChI is InChI=1S/C14H23N5O3/c1-5-9(15)7-19-13(20)11-12(17(3)14(19)21)16-10(8-22-4)18(11)6-2/h9H,5-8,15H2,1-4H3. The van der Waals surface area contributed by atoms with Crippen LogP contribution in [0.1, 0.15) is 26.1 Å². The fourth-order valence-corrected chi connectivity index (χ4v) is 2.52. The second-order valence-electron chi connectivity index (χ2n) is 5.30. The molecule has 0 bridgehead atoms. The summed E-state index contributed by atoms with van der Waals surface area (Å²) in [4.78, 5) is 29.5. The molecule has 2 heterocycles. The van der Waals surface area contributed by atoms with E-state index < -0.39 is 5.69 Å².